The standard InChI is InChI=1S/C17H17N3O5S/c1-11-9-16(20(18-11)13-7-5-4-6-8-13)19-26(22,23)15-10-14(17(21)24-3)25-12(15)2/h4-10,19H,1-3H3. The number of furan rings is 1. The Morgan fingerprint density at radius 3 is 2.54 bits per heavy atom. The minimum atomic E-state index is -3.99. The first-order chi connectivity index (χ1) is 12.3. The van der Waals surface area contributed by atoms with Crippen LogP contribution in [0.1, 0.15) is 22.0 Å². The van der Waals surface area contributed by atoms with Crippen molar-refractivity contribution in [3.8, 4) is 5.69 Å². The lowest BCUT2D eigenvalue weighted by Gasteiger charge is -2.10. The molecule has 3 rings (SSSR count). The summed E-state index contributed by atoms with van der Waals surface area (Å²) in [5.74, 6) is -0.577. The molecule has 2 aromatic heterocycles. The molecule has 0 unspecified atom stereocenters. The minimum Gasteiger partial charge on any atom is -0.463 e. The third-order valence-corrected chi connectivity index (χ3v) is 5.08. The van der Waals surface area contributed by atoms with Gasteiger partial charge < -0.3 is 9.15 Å². The molecule has 2 heterocycles. The van der Waals surface area contributed by atoms with Gasteiger partial charge in [-0.05, 0) is 26.0 Å². The summed E-state index contributed by atoms with van der Waals surface area (Å²) >= 11 is 0. The lowest BCUT2D eigenvalue weighted by atomic mass is 10.3. The van der Waals surface area contributed by atoms with Gasteiger partial charge in [0.25, 0.3) is 10.0 Å². The predicted molar refractivity (Wildman–Crippen MR) is 93.9 cm³/mol. The molecule has 0 atom stereocenters. The van der Waals surface area contributed by atoms with E-state index < -0.39 is 16.0 Å². The summed E-state index contributed by atoms with van der Waals surface area (Å²) in [5, 5.41) is 4.32. The van der Waals surface area contributed by atoms with Gasteiger partial charge in [0, 0.05) is 12.1 Å². The molecular formula is C17H17N3O5S. The van der Waals surface area contributed by atoms with Crippen molar-refractivity contribution in [1.82, 2.24) is 9.78 Å². The number of nitrogens with zero attached hydrogens (tertiary/aromatic N) is 2. The maximum absolute atomic E-state index is 12.8. The molecule has 1 N–H and O–H groups in total. The Balaban J connectivity index is 1.99. The van der Waals surface area contributed by atoms with Crippen molar-refractivity contribution >= 4 is 21.8 Å². The molecule has 26 heavy (non-hydrogen) atoms. The van der Waals surface area contributed by atoms with Crippen LogP contribution in [-0.2, 0) is 14.8 Å². The number of sulfonamides is 1. The number of nitrogens with one attached hydrogen (secondary N) is 1. The van der Waals surface area contributed by atoms with Crippen molar-refractivity contribution in [3.05, 3.63) is 59.7 Å². The Morgan fingerprint density at radius 2 is 1.88 bits per heavy atom. The highest BCUT2D eigenvalue weighted by molar-refractivity contribution is 7.92. The molecule has 1 aromatic carbocycles. The summed E-state index contributed by atoms with van der Waals surface area (Å²) in [6, 6.07) is 11.9. The van der Waals surface area contributed by atoms with E-state index in [2.05, 4.69) is 14.6 Å². The van der Waals surface area contributed by atoms with Crippen LogP contribution < -0.4 is 4.72 Å². The molecule has 0 aliphatic carbocycles. The van der Waals surface area contributed by atoms with Gasteiger partial charge in [-0.15, -0.1) is 0 Å². The number of carbonyl (C=O) groups is 1. The third kappa shape index (κ3) is 3.33. The van der Waals surface area contributed by atoms with Crippen LogP contribution in [-0.4, -0.2) is 31.3 Å². The van der Waals surface area contributed by atoms with E-state index in [1.165, 1.54) is 18.7 Å². The van der Waals surface area contributed by atoms with Crippen molar-refractivity contribution in [2.75, 3.05) is 11.8 Å². The number of hydrogen-bond acceptors (Lipinski definition) is 6. The summed E-state index contributed by atoms with van der Waals surface area (Å²) in [7, 11) is -2.81. The predicted octanol–water partition coefficient (Wildman–Crippen LogP) is 2.67. The summed E-state index contributed by atoms with van der Waals surface area (Å²) in [6.45, 7) is 3.22. The minimum absolute atomic E-state index is 0.0837. The maximum Gasteiger partial charge on any atom is 0.373 e. The summed E-state index contributed by atoms with van der Waals surface area (Å²) < 4.78 is 39.3. The Labute approximate surface area is 150 Å². The average molecular weight is 375 g/mol. The van der Waals surface area contributed by atoms with Gasteiger partial charge in [0.2, 0.25) is 5.76 Å². The fraction of sp³-hybridized carbons (Fsp3) is 0.176. The van der Waals surface area contributed by atoms with Crippen LogP contribution in [0, 0.1) is 13.8 Å². The number of rotatable bonds is 5. The van der Waals surface area contributed by atoms with Gasteiger partial charge in [0.15, 0.2) is 0 Å². The molecule has 8 nitrogen and oxygen atoms in total. The van der Waals surface area contributed by atoms with E-state index in [-0.39, 0.29) is 22.2 Å². The molecule has 136 valence electrons. The molecule has 9 heteroatoms. The lowest BCUT2D eigenvalue weighted by Crippen LogP contribution is -2.16. The van der Waals surface area contributed by atoms with Crippen LogP contribution in [0.2, 0.25) is 0 Å². The van der Waals surface area contributed by atoms with Crippen LogP contribution in [0.3, 0.4) is 0 Å². The average Bonchev–Trinajstić information content (AvgIpc) is 3.17. The van der Waals surface area contributed by atoms with Gasteiger partial charge in [-0.1, -0.05) is 18.2 Å². The Hall–Kier alpha value is -3.07. The van der Waals surface area contributed by atoms with Gasteiger partial charge in [0.1, 0.15) is 16.5 Å². The molecule has 0 aliphatic rings. The summed E-state index contributed by atoms with van der Waals surface area (Å²) in [4.78, 5) is 11.4. The van der Waals surface area contributed by atoms with Crippen LogP contribution >= 0.6 is 0 Å². The largest absolute Gasteiger partial charge is 0.463 e. The normalized spacial score (nSPS) is 11.3. The molecule has 0 bridgehead atoms. The molecule has 0 saturated carbocycles. The first-order valence-corrected chi connectivity index (χ1v) is 9.14. The number of hydrogen-bond donors (Lipinski definition) is 1. The van der Waals surface area contributed by atoms with Crippen molar-refractivity contribution < 1.29 is 22.4 Å². The number of benzene rings is 1. The number of para-hydroxylation sites is 1. The van der Waals surface area contributed by atoms with Crippen molar-refractivity contribution in [2.24, 2.45) is 0 Å². The molecule has 0 spiro atoms. The van der Waals surface area contributed by atoms with Gasteiger partial charge in [0.05, 0.1) is 18.5 Å². The van der Waals surface area contributed by atoms with E-state index in [9.17, 15) is 13.2 Å². The second-order valence-electron chi connectivity index (χ2n) is 5.55. The SMILES string of the molecule is COC(=O)c1cc(S(=O)(=O)Nc2cc(C)nn2-c2ccccc2)c(C)o1. The number of aromatic nitrogens is 2. The van der Waals surface area contributed by atoms with E-state index in [0.717, 1.165) is 6.07 Å². The number of esters is 1. The second-order valence-corrected chi connectivity index (χ2v) is 7.20. The van der Waals surface area contributed by atoms with Crippen LogP contribution in [0.25, 0.3) is 5.69 Å². The van der Waals surface area contributed by atoms with E-state index in [0.29, 0.717) is 11.4 Å². The number of anilines is 1. The molecule has 0 amide bonds. The first kappa shape index (κ1) is 17.7. The molecule has 3 aromatic rings. The topological polar surface area (TPSA) is 103 Å². The maximum atomic E-state index is 12.8. The molecular weight excluding hydrogens is 358 g/mol. The second kappa shape index (κ2) is 6.68. The smallest absolute Gasteiger partial charge is 0.373 e. The van der Waals surface area contributed by atoms with Gasteiger partial charge in [-0.3, -0.25) is 4.72 Å². The van der Waals surface area contributed by atoms with Crippen LogP contribution in [0.15, 0.2) is 51.8 Å². The quantitative estimate of drug-likeness (QED) is 0.688. The van der Waals surface area contributed by atoms with Gasteiger partial charge >= 0.3 is 5.97 Å². The Kier molecular flexibility index (Phi) is 4.56. The number of ether oxygens (including phenoxy) is 1. The van der Waals surface area contributed by atoms with Crippen molar-refractivity contribution in [1.29, 1.82) is 0 Å². The molecule has 0 radical (unpaired) electrons. The number of aryl methyl sites for hydroxylation is 2. The summed E-state index contributed by atoms with van der Waals surface area (Å²) in [5.41, 5.74) is 1.35. The molecule has 0 saturated heterocycles. The first-order valence-electron chi connectivity index (χ1n) is 7.65. The zero-order valence-electron chi connectivity index (χ0n) is 14.4. The summed E-state index contributed by atoms with van der Waals surface area (Å²) in [6.07, 6.45) is 0. The Bertz CT molecular complexity index is 1050. The number of methoxy groups -OCH3 is 1. The zero-order valence-corrected chi connectivity index (χ0v) is 15.2. The highest BCUT2D eigenvalue weighted by Crippen LogP contribution is 2.25. The highest BCUT2D eigenvalue weighted by atomic mass is 32.2. The fourth-order valence-corrected chi connectivity index (χ4v) is 3.68. The fourth-order valence-electron chi connectivity index (χ4n) is 2.46. The van der Waals surface area contributed by atoms with E-state index in [1.807, 2.05) is 30.3 Å². The monoisotopic (exact) mass is 375 g/mol. The van der Waals surface area contributed by atoms with Crippen LogP contribution in [0.4, 0.5) is 5.82 Å². The third-order valence-electron chi connectivity index (χ3n) is 3.62. The molecule has 0 aliphatic heterocycles. The number of carbonyl (C=O) groups excluding carboxylic acids is 1. The van der Waals surface area contributed by atoms with E-state index in [1.54, 1.807) is 13.0 Å². The van der Waals surface area contributed by atoms with Crippen molar-refractivity contribution in [2.45, 2.75) is 18.7 Å². The highest BCUT2D eigenvalue weighted by Gasteiger charge is 2.26. The Morgan fingerprint density at radius 1 is 1.19 bits per heavy atom. The van der Waals surface area contributed by atoms with Gasteiger partial charge in [-0.25, -0.2) is 17.9 Å². The zero-order chi connectivity index (χ0) is 18.9. The molecule has 0 fully saturated rings. The van der Waals surface area contributed by atoms with Gasteiger partial charge in [-0.2, -0.15) is 5.10 Å². The van der Waals surface area contributed by atoms with Crippen molar-refractivity contribution in [3.63, 3.8) is 0 Å². The van der Waals surface area contributed by atoms with Crippen LogP contribution in [0.5, 0.6) is 0 Å². The van der Waals surface area contributed by atoms with E-state index in [4.69, 9.17) is 4.42 Å². The van der Waals surface area contributed by atoms with E-state index >= 15 is 0 Å². The lowest BCUT2D eigenvalue weighted by molar-refractivity contribution is 0.0563.